The summed E-state index contributed by atoms with van der Waals surface area (Å²) in [6, 6.07) is 10.9. The summed E-state index contributed by atoms with van der Waals surface area (Å²) in [6.07, 6.45) is 0. The van der Waals surface area contributed by atoms with Gasteiger partial charge in [0.05, 0.1) is 16.9 Å². The Bertz CT molecular complexity index is 1240. The lowest BCUT2D eigenvalue weighted by atomic mass is 10.2. The van der Waals surface area contributed by atoms with Gasteiger partial charge in [-0.15, -0.1) is 0 Å². The first-order valence-corrected chi connectivity index (χ1v) is 10.8. The Balaban J connectivity index is 1.72. The second kappa shape index (κ2) is 8.23. The van der Waals surface area contributed by atoms with Crippen molar-refractivity contribution in [3.8, 4) is 0 Å². The molecule has 2 aromatic carbocycles. The molecule has 2 heterocycles. The largest absolute Gasteiger partial charge is 0.282 e. The number of carbonyl (C=O) groups excluding carboxylic acids is 1. The van der Waals surface area contributed by atoms with Gasteiger partial charge in [-0.05, 0) is 50.2 Å². The van der Waals surface area contributed by atoms with Crippen molar-refractivity contribution < 1.29 is 13.6 Å². The van der Waals surface area contributed by atoms with E-state index in [9.17, 15) is 13.6 Å². The van der Waals surface area contributed by atoms with Crippen molar-refractivity contribution in [2.24, 2.45) is 0 Å². The van der Waals surface area contributed by atoms with Gasteiger partial charge in [-0.2, -0.15) is 5.10 Å². The first-order chi connectivity index (χ1) is 14.3. The molecular weight excluding hydrogens is 474 g/mol. The van der Waals surface area contributed by atoms with Gasteiger partial charge in [0.2, 0.25) is 0 Å². The maximum atomic E-state index is 14.2. The normalized spacial score (nSPS) is 11.2. The van der Waals surface area contributed by atoms with E-state index in [0.717, 1.165) is 33.3 Å². The zero-order chi connectivity index (χ0) is 21.4. The number of rotatable bonds is 5. The van der Waals surface area contributed by atoms with Gasteiger partial charge in [0.15, 0.2) is 10.9 Å². The smallest absolute Gasteiger partial charge is 0.260 e. The monoisotopic (exact) mass is 490 g/mol. The Morgan fingerprint density at radius 2 is 1.90 bits per heavy atom. The molecule has 0 N–H and O–H groups in total. The van der Waals surface area contributed by atoms with Crippen LogP contribution in [0.25, 0.3) is 10.2 Å². The van der Waals surface area contributed by atoms with E-state index in [1.807, 2.05) is 24.6 Å². The van der Waals surface area contributed by atoms with Crippen molar-refractivity contribution in [3.05, 3.63) is 75.5 Å². The topological polar surface area (TPSA) is 51.0 Å². The molecule has 0 saturated heterocycles. The fraction of sp³-hybridized carbons (Fsp3) is 0.190. The summed E-state index contributed by atoms with van der Waals surface area (Å²) in [5, 5.41) is 4.74. The van der Waals surface area contributed by atoms with Crippen LogP contribution in [-0.2, 0) is 6.54 Å². The zero-order valence-corrected chi connectivity index (χ0v) is 18.6. The number of hydrogen-bond donors (Lipinski definition) is 0. The SMILES string of the molecule is Cc1cc(C)n(CCN(C(=O)c2ccc(Br)cc2)c2nc3c(F)cc(F)cc3s2)n1. The Morgan fingerprint density at radius 1 is 1.17 bits per heavy atom. The predicted molar refractivity (Wildman–Crippen MR) is 117 cm³/mol. The first kappa shape index (κ1) is 20.6. The second-order valence-electron chi connectivity index (χ2n) is 6.84. The molecular formula is C21H17BrF2N4OS. The van der Waals surface area contributed by atoms with Crippen molar-refractivity contribution in [3.63, 3.8) is 0 Å². The van der Waals surface area contributed by atoms with Crippen LogP contribution in [0.2, 0.25) is 0 Å². The highest BCUT2D eigenvalue weighted by molar-refractivity contribution is 9.10. The summed E-state index contributed by atoms with van der Waals surface area (Å²) < 4.78 is 30.8. The van der Waals surface area contributed by atoms with Crippen molar-refractivity contribution in [1.82, 2.24) is 14.8 Å². The van der Waals surface area contributed by atoms with Crippen LogP contribution in [0.3, 0.4) is 0 Å². The standard InChI is InChI=1S/C21H17BrF2N4OS/c1-12-9-13(2)28(26-12)8-7-27(20(29)14-3-5-15(22)6-4-14)21-25-19-17(24)10-16(23)11-18(19)30-21/h3-6,9-11H,7-8H2,1-2H3. The highest BCUT2D eigenvalue weighted by Gasteiger charge is 2.23. The molecule has 0 fully saturated rings. The van der Waals surface area contributed by atoms with E-state index in [1.54, 1.807) is 24.3 Å². The van der Waals surface area contributed by atoms with Gasteiger partial charge >= 0.3 is 0 Å². The van der Waals surface area contributed by atoms with Crippen LogP contribution < -0.4 is 4.90 Å². The summed E-state index contributed by atoms with van der Waals surface area (Å²) >= 11 is 4.44. The molecule has 1 amide bonds. The molecule has 0 bridgehead atoms. The summed E-state index contributed by atoms with van der Waals surface area (Å²) in [5.74, 6) is -1.70. The van der Waals surface area contributed by atoms with E-state index in [0.29, 0.717) is 21.9 Å². The molecule has 0 aliphatic rings. The third-order valence-corrected chi connectivity index (χ3v) is 6.16. The van der Waals surface area contributed by atoms with Gasteiger partial charge < -0.3 is 0 Å². The molecule has 4 aromatic rings. The Morgan fingerprint density at radius 3 is 2.57 bits per heavy atom. The van der Waals surface area contributed by atoms with E-state index in [4.69, 9.17) is 0 Å². The highest BCUT2D eigenvalue weighted by atomic mass is 79.9. The van der Waals surface area contributed by atoms with Crippen molar-refractivity contribution in [2.45, 2.75) is 20.4 Å². The maximum Gasteiger partial charge on any atom is 0.260 e. The third-order valence-electron chi connectivity index (χ3n) is 4.61. The average Bonchev–Trinajstić information content (AvgIpc) is 3.25. The number of fused-ring (bicyclic) bond motifs is 1. The molecule has 5 nitrogen and oxygen atoms in total. The van der Waals surface area contributed by atoms with Gasteiger partial charge in [-0.25, -0.2) is 13.8 Å². The molecule has 154 valence electrons. The van der Waals surface area contributed by atoms with Gasteiger partial charge in [-0.3, -0.25) is 14.4 Å². The molecule has 4 rings (SSSR count). The van der Waals surface area contributed by atoms with Crippen LogP contribution in [0.4, 0.5) is 13.9 Å². The first-order valence-electron chi connectivity index (χ1n) is 9.16. The van der Waals surface area contributed by atoms with Crippen LogP contribution in [-0.4, -0.2) is 27.2 Å². The molecule has 0 atom stereocenters. The number of anilines is 1. The summed E-state index contributed by atoms with van der Waals surface area (Å²) in [5.41, 5.74) is 2.38. The van der Waals surface area contributed by atoms with E-state index in [2.05, 4.69) is 26.0 Å². The summed E-state index contributed by atoms with van der Waals surface area (Å²) in [7, 11) is 0. The van der Waals surface area contributed by atoms with Crippen molar-refractivity contribution in [1.29, 1.82) is 0 Å². The van der Waals surface area contributed by atoms with Crippen LogP contribution in [0.5, 0.6) is 0 Å². The van der Waals surface area contributed by atoms with Gasteiger partial charge in [0.25, 0.3) is 5.91 Å². The molecule has 0 aliphatic carbocycles. The number of aryl methyl sites for hydroxylation is 2. The highest BCUT2D eigenvalue weighted by Crippen LogP contribution is 2.32. The lowest BCUT2D eigenvalue weighted by Crippen LogP contribution is -2.34. The molecule has 0 radical (unpaired) electrons. The molecule has 0 saturated carbocycles. The molecule has 9 heteroatoms. The lowest BCUT2D eigenvalue weighted by Gasteiger charge is -2.20. The second-order valence-corrected chi connectivity index (χ2v) is 8.77. The van der Waals surface area contributed by atoms with Gasteiger partial charge in [-0.1, -0.05) is 27.3 Å². The number of thiazole rings is 1. The predicted octanol–water partition coefficient (Wildman–Crippen LogP) is 5.50. The van der Waals surface area contributed by atoms with Crippen molar-refractivity contribution >= 4 is 48.5 Å². The number of carbonyl (C=O) groups is 1. The molecule has 0 aliphatic heterocycles. The van der Waals surface area contributed by atoms with Crippen LogP contribution >= 0.6 is 27.3 Å². The fourth-order valence-electron chi connectivity index (χ4n) is 3.19. The number of aromatic nitrogens is 3. The zero-order valence-electron chi connectivity index (χ0n) is 16.2. The summed E-state index contributed by atoms with van der Waals surface area (Å²) in [6.45, 7) is 4.56. The maximum absolute atomic E-state index is 14.2. The van der Waals surface area contributed by atoms with Crippen LogP contribution in [0.1, 0.15) is 21.7 Å². The molecule has 0 spiro atoms. The van der Waals surface area contributed by atoms with E-state index < -0.39 is 11.6 Å². The number of halogens is 3. The number of nitrogens with zero attached hydrogens (tertiary/aromatic N) is 4. The minimum absolute atomic E-state index is 0.0520. The van der Waals surface area contributed by atoms with Crippen molar-refractivity contribution in [2.75, 3.05) is 11.4 Å². The minimum Gasteiger partial charge on any atom is -0.282 e. The van der Waals surface area contributed by atoms with E-state index >= 15 is 0 Å². The fourth-order valence-corrected chi connectivity index (χ4v) is 4.48. The number of benzene rings is 2. The van der Waals surface area contributed by atoms with E-state index in [-0.39, 0.29) is 18.0 Å². The Kier molecular flexibility index (Phi) is 5.66. The van der Waals surface area contributed by atoms with E-state index in [1.165, 1.54) is 11.0 Å². The molecule has 0 unspecified atom stereocenters. The lowest BCUT2D eigenvalue weighted by molar-refractivity contribution is 0.0985. The molecule has 2 aromatic heterocycles. The Labute approximate surface area is 184 Å². The third kappa shape index (κ3) is 4.13. The van der Waals surface area contributed by atoms with Crippen LogP contribution in [0.15, 0.2) is 46.9 Å². The Hall–Kier alpha value is -2.65. The number of hydrogen-bond acceptors (Lipinski definition) is 4. The minimum atomic E-state index is -0.748. The quantitative estimate of drug-likeness (QED) is 0.371. The average molecular weight is 491 g/mol. The number of amides is 1. The molecule has 30 heavy (non-hydrogen) atoms. The van der Waals surface area contributed by atoms with Gasteiger partial charge in [0, 0.05) is 28.3 Å². The van der Waals surface area contributed by atoms with Gasteiger partial charge in [0.1, 0.15) is 11.3 Å². The summed E-state index contributed by atoms with van der Waals surface area (Å²) in [4.78, 5) is 19.1. The van der Waals surface area contributed by atoms with Crippen LogP contribution in [0, 0.1) is 25.5 Å².